The number of rotatable bonds is 2. The van der Waals surface area contributed by atoms with Gasteiger partial charge < -0.3 is 9.84 Å². The number of benzene rings is 2. The van der Waals surface area contributed by atoms with Crippen molar-refractivity contribution >= 4 is 10.8 Å². The molecule has 0 saturated heterocycles. The monoisotopic (exact) mass is 242 g/mol. The van der Waals surface area contributed by atoms with E-state index < -0.39 is 6.36 Å². The van der Waals surface area contributed by atoms with Crippen molar-refractivity contribution in [2.24, 2.45) is 0 Å². The number of hydrogen-bond acceptors (Lipinski definition) is 2. The van der Waals surface area contributed by atoms with Crippen LogP contribution in [0, 0.1) is 0 Å². The van der Waals surface area contributed by atoms with Crippen LogP contribution < -0.4 is 4.74 Å². The molecule has 17 heavy (non-hydrogen) atoms. The highest BCUT2D eigenvalue weighted by Gasteiger charge is 2.31. The van der Waals surface area contributed by atoms with Crippen molar-refractivity contribution in [1.82, 2.24) is 0 Å². The van der Waals surface area contributed by atoms with Crippen LogP contribution in [0.5, 0.6) is 5.75 Å². The normalized spacial score (nSPS) is 11.8. The fraction of sp³-hybridized carbons (Fsp3) is 0.167. The second-order valence-electron chi connectivity index (χ2n) is 3.47. The molecule has 2 aromatic carbocycles. The second-order valence-corrected chi connectivity index (χ2v) is 3.47. The molecule has 2 rings (SSSR count). The summed E-state index contributed by atoms with van der Waals surface area (Å²) in [6.07, 6.45) is -4.72. The van der Waals surface area contributed by atoms with Crippen molar-refractivity contribution < 1.29 is 23.0 Å². The van der Waals surface area contributed by atoms with E-state index in [-0.39, 0.29) is 12.4 Å². The topological polar surface area (TPSA) is 29.5 Å². The third-order valence-corrected chi connectivity index (χ3v) is 2.37. The third kappa shape index (κ3) is 2.50. The van der Waals surface area contributed by atoms with Gasteiger partial charge in [-0.2, -0.15) is 0 Å². The minimum Gasteiger partial charge on any atom is -0.405 e. The molecule has 0 amide bonds. The molecule has 0 aromatic heterocycles. The molecule has 0 bridgehead atoms. The summed E-state index contributed by atoms with van der Waals surface area (Å²) in [5, 5.41) is 9.98. The van der Waals surface area contributed by atoms with Crippen molar-refractivity contribution in [2.75, 3.05) is 0 Å². The van der Waals surface area contributed by atoms with Crippen LogP contribution in [0.2, 0.25) is 0 Å². The first-order chi connectivity index (χ1) is 8.01. The lowest BCUT2D eigenvalue weighted by molar-refractivity contribution is -0.274. The molecular weight excluding hydrogens is 233 g/mol. The highest BCUT2D eigenvalue weighted by atomic mass is 19.4. The lowest BCUT2D eigenvalue weighted by Gasteiger charge is -2.12. The highest BCUT2D eigenvalue weighted by Crippen LogP contribution is 2.31. The quantitative estimate of drug-likeness (QED) is 0.876. The van der Waals surface area contributed by atoms with E-state index in [9.17, 15) is 13.2 Å². The predicted octanol–water partition coefficient (Wildman–Crippen LogP) is 3.23. The first kappa shape index (κ1) is 11.7. The van der Waals surface area contributed by atoms with Crippen molar-refractivity contribution in [3.63, 3.8) is 0 Å². The van der Waals surface area contributed by atoms with E-state index >= 15 is 0 Å². The molecule has 0 saturated carbocycles. The highest BCUT2D eigenvalue weighted by molar-refractivity contribution is 5.90. The molecule has 0 fully saturated rings. The van der Waals surface area contributed by atoms with Gasteiger partial charge in [0.15, 0.2) is 0 Å². The van der Waals surface area contributed by atoms with Crippen LogP contribution in [0.15, 0.2) is 36.4 Å². The van der Waals surface area contributed by atoms with E-state index in [0.717, 1.165) is 0 Å². The van der Waals surface area contributed by atoms with Gasteiger partial charge in [0.25, 0.3) is 0 Å². The fourth-order valence-electron chi connectivity index (χ4n) is 1.70. The maximum atomic E-state index is 12.2. The average molecular weight is 242 g/mol. The summed E-state index contributed by atoms with van der Waals surface area (Å²) in [5.74, 6) is -0.259. The van der Waals surface area contributed by atoms with E-state index in [1.807, 2.05) is 0 Å². The lowest BCUT2D eigenvalue weighted by Crippen LogP contribution is -2.17. The maximum absolute atomic E-state index is 12.2. The summed E-state index contributed by atoms with van der Waals surface area (Å²) in [6, 6.07) is 9.11. The number of fused-ring (bicyclic) bond motifs is 1. The summed E-state index contributed by atoms with van der Waals surface area (Å²) in [4.78, 5) is 0. The smallest absolute Gasteiger partial charge is 0.405 e. The van der Waals surface area contributed by atoms with E-state index in [0.29, 0.717) is 16.3 Å². The first-order valence-corrected chi connectivity index (χ1v) is 4.88. The Morgan fingerprint density at radius 3 is 2.29 bits per heavy atom. The van der Waals surface area contributed by atoms with Crippen molar-refractivity contribution in [3.05, 3.63) is 42.0 Å². The Morgan fingerprint density at radius 2 is 1.65 bits per heavy atom. The largest absolute Gasteiger partial charge is 0.573 e. The van der Waals surface area contributed by atoms with Crippen molar-refractivity contribution in [2.45, 2.75) is 13.0 Å². The van der Waals surface area contributed by atoms with Crippen LogP contribution in [0.1, 0.15) is 5.56 Å². The van der Waals surface area contributed by atoms with Gasteiger partial charge in [0.1, 0.15) is 5.75 Å². The molecule has 0 radical (unpaired) electrons. The molecule has 0 atom stereocenters. The van der Waals surface area contributed by atoms with E-state index in [4.69, 9.17) is 5.11 Å². The summed E-state index contributed by atoms with van der Waals surface area (Å²) in [5.41, 5.74) is 0.565. The Hall–Kier alpha value is -1.75. The molecule has 1 N–H and O–H groups in total. The van der Waals surface area contributed by atoms with E-state index in [1.54, 1.807) is 18.2 Å². The van der Waals surface area contributed by atoms with Gasteiger partial charge in [-0.1, -0.05) is 30.3 Å². The molecule has 0 aliphatic carbocycles. The standard InChI is InChI=1S/C12H9F3O2/c13-12(14,15)17-11-6-2-4-9-8(7-16)3-1-5-10(9)11/h1-6,16H,7H2. The molecule has 0 heterocycles. The van der Waals surface area contributed by atoms with Crippen LogP contribution in [0.3, 0.4) is 0 Å². The molecule has 2 aromatic rings. The average Bonchev–Trinajstić information content (AvgIpc) is 2.27. The lowest BCUT2D eigenvalue weighted by atomic mass is 10.0. The van der Waals surface area contributed by atoms with Crippen LogP contribution in [0.4, 0.5) is 13.2 Å². The van der Waals surface area contributed by atoms with E-state index in [1.165, 1.54) is 18.2 Å². The van der Waals surface area contributed by atoms with Crippen molar-refractivity contribution in [3.8, 4) is 5.75 Å². The minimum absolute atomic E-state index is 0.229. The number of aliphatic hydroxyl groups excluding tert-OH is 1. The number of alkyl halides is 3. The summed E-state index contributed by atoms with van der Waals surface area (Å²) in [7, 11) is 0. The van der Waals surface area contributed by atoms with Gasteiger partial charge in [-0.25, -0.2) is 0 Å². The number of halogens is 3. The van der Waals surface area contributed by atoms with Gasteiger partial charge in [0.05, 0.1) is 6.61 Å². The fourth-order valence-corrected chi connectivity index (χ4v) is 1.70. The van der Waals surface area contributed by atoms with Crippen LogP contribution >= 0.6 is 0 Å². The zero-order valence-corrected chi connectivity index (χ0v) is 8.66. The molecule has 0 spiro atoms. The molecule has 0 unspecified atom stereocenters. The third-order valence-electron chi connectivity index (χ3n) is 2.37. The van der Waals surface area contributed by atoms with E-state index in [2.05, 4.69) is 4.74 Å². The second kappa shape index (κ2) is 4.25. The molecule has 5 heteroatoms. The van der Waals surface area contributed by atoms with Crippen LogP contribution in [-0.4, -0.2) is 11.5 Å². The summed E-state index contributed by atoms with van der Waals surface area (Å²) < 4.78 is 40.5. The summed E-state index contributed by atoms with van der Waals surface area (Å²) >= 11 is 0. The van der Waals surface area contributed by atoms with Gasteiger partial charge in [0.2, 0.25) is 0 Å². The van der Waals surface area contributed by atoms with Gasteiger partial charge in [-0.3, -0.25) is 0 Å². The zero-order valence-electron chi connectivity index (χ0n) is 8.66. The van der Waals surface area contributed by atoms with Crippen LogP contribution in [0.25, 0.3) is 10.8 Å². The molecule has 90 valence electrons. The first-order valence-electron chi connectivity index (χ1n) is 4.88. The molecular formula is C12H9F3O2. The number of aliphatic hydroxyl groups is 1. The van der Waals surface area contributed by atoms with Crippen LogP contribution in [-0.2, 0) is 6.61 Å². The Morgan fingerprint density at radius 1 is 1.00 bits per heavy atom. The Kier molecular flexibility index (Phi) is 2.93. The van der Waals surface area contributed by atoms with Gasteiger partial charge >= 0.3 is 6.36 Å². The Labute approximate surface area is 95.2 Å². The SMILES string of the molecule is OCc1cccc2c(OC(F)(F)F)cccc12. The predicted molar refractivity (Wildman–Crippen MR) is 56.6 cm³/mol. The minimum atomic E-state index is -4.72. The van der Waals surface area contributed by atoms with Crippen molar-refractivity contribution in [1.29, 1.82) is 0 Å². The zero-order chi connectivity index (χ0) is 12.5. The van der Waals surface area contributed by atoms with Gasteiger partial charge in [0, 0.05) is 5.39 Å². The Balaban J connectivity index is 2.58. The summed E-state index contributed by atoms with van der Waals surface area (Å²) in [6.45, 7) is -0.229. The van der Waals surface area contributed by atoms with Gasteiger partial charge in [-0.05, 0) is 17.0 Å². The molecule has 0 aliphatic rings. The number of ether oxygens (including phenoxy) is 1. The maximum Gasteiger partial charge on any atom is 0.573 e. The molecule has 2 nitrogen and oxygen atoms in total. The number of hydrogen-bond donors (Lipinski definition) is 1. The Bertz CT molecular complexity index is 535. The molecule has 0 aliphatic heterocycles. The van der Waals surface area contributed by atoms with Gasteiger partial charge in [-0.15, -0.1) is 13.2 Å².